The number of amides is 1. The summed E-state index contributed by atoms with van der Waals surface area (Å²) in [7, 11) is 1.51. The van der Waals surface area contributed by atoms with E-state index >= 15 is 0 Å². The predicted molar refractivity (Wildman–Crippen MR) is 76.3 cm³/mol. The Morgan fingerprint density at radius 3 is 3.05 bits per heavy atom. The molecule has 1 aromatic heterocycles. The molecule has 6 nitrogen and oxygen atoms in total. The fourth-order valence-electron chi connectivity index (χ4n) is 2.70. The van der Waals surface area contributed by atoms with Gasteiger partial charge in [0.25, 0.3) is 5.91 Å². The molecule has 1 saturated heterocycles. The van der Waals surface area contributed by atoms with Crippen LogP contribution in [0.1, 0.15) is 36.0 Å². The molecule has 1 fully saturated rings. The molecule has 1 aliphatic heterocycles. The van der Waals surface area contributed by atoms with E-state index in [-0.39, 0.29) is 18.2 Å². The number of carbonyl (C=O) groups is 2. The monoisotopic (exact) mass is 292 g/mol. The number of rotatable bonds is 5. The number of hydrogen-bond donors (Lipinski definition) is 1. The minimum Gasteiger partial charge on any atom is -0.494 e. The first-order valence-electron chi connectivity index (χ1n) is 7.11. The van der Waals surface area contributed by atoms with Crippen LogP contribution in [0.3, 0.4) is 0 Å². The fourth-order valence-corrected chi connectivity index (χ4v) is 2.70. The zero-order valence-corrected chi connectivity index (χ0v) is 12.1. The van der Waals surface area contributed by atoms with Gasteiger partial charge < -0.3 is 14.7 Å². The van der Waals surface area contributed by atoms with Crippen molar-refractivity contribution in [2.24, 2.45) is 5.92 Å². The maximum atomic E-state index is 12.6. The van der Waals surface area contributed by atoms with E-state index in [0.29, 0.717) is 30.8 Å². The Kier molecular flexibility index (Phi) is 5.14. The van der Waals surface area contributed by atoms with Gasteiger partial charge in [0, 0.05) is 25.7 Å². The maximum Gasteiger partial charge on any atom is 0.303 e. The number of hydrogen-bond acceptors (Lipinski definition) is 4. The molecule has 1 unspecified atom stereocenters. The lowest BCUT2D eigenvalue weighted by molar-refractivity contribution is -0.137. The molecular formula is C15H20N2O4. The second-order valence-corrected chi connectivity index (χ2v) is 5.27. The van der Waals surface area contributed by atoms with Gasteiger partial charge in [-0.2, -0.15) is 0 Å². The largest absolute Gasteiger partial charge is 0.494 e. The van der Waals surface area contributed by atoms with Gasteiger partial charge >= 0.3 is 5.97 Å². The Hall–Kier alpha value is -2.11. The van der Waals surface area contributed by atoms with Crippen LogP contribution >= 0.6 is 0 Å². The molecule has 1 aliphatic rings. The second kappa shape index (κ2) is 7.06. The molecule has 0 saturated carbocycles. The standard InChI is InChI=1S/C15H20N2O4/c1-21-13-9-16-7-6-12(13)15(20)17-8-2-3-11(10-17)4-5-14(18)19/h6-7,9,11H,2-5,8,10H2,1H3,(H,18,19). The lowest BCUT2D eigenvalue weighted by atomic mass is 9.93. The number of likely N-dealkylation sites (tertiary alicyclic amines) is 1. The number of aromatic nitrogens is 1. The first-order valence-corrected chi connectivity index (χ1v) is 7.11. The normalized spacial score (nSPS) is 18.3. The summed E-state index contributed by atoms with van der Waals surface area (Å²) in [5.41, 5.74) is 0.506. The Labute approximate surface area is 123 Å². The van der Waals surface area contributed by atoms with Crippen LogP contribution in [0, 0.1) is 5.92 Å². The number of piperidine rings is 1. The third kappa shape index (κ3) is 3.93. The van der Waals surface area contributed by atoms with Gasteiger partial charge in [-0.15, -0.1) is 0 Å². The molecule has 1 atom stereocenters. The van der Waals surface area contributed by atoms with Crippen molar-refractivity contribution < 1.29 is 19.4 Å². The van der Waals surface area contributed by atoms with Gasteiger partial charge in [-0.05, 0) is 31.2 Å². The van der Waals surface area contributed by atoms with Crippen LogP contribution < -0.4 is 4.74 Å². The summed E-state index contributed by atoms with van der Waals surface area (Å²) in [4.78, 5) is 29.0. The topological polar surface area (TPSA) is 79.7 Å². The smallest absolute Gasteiger partial charge is 0.303 e. The maximum absolute atomic E-state index is 12.6. The molecule has 21 heavy (non-hydrogen) atoms. The van der Waals surface area contributed by atoms with Crippen LogP contribution in [-0.4, -0.2) is 47.1 Å². The number of carboxylic acids is 1. The number of carboxylic acid groups (broad SMARTS) is 1. The molecule has 1 amide bonds. The molecule has 114 valence electrons. The van der Waals surface area contributed by atoms with Gasteiger partial charge in [0.1, 0.15) is 5.75 Å². The van der Waals surface area contributed by atoms with Crippen LogP contribution in [0.15, 0.2) is 18.5 Å². The molecule has 1 aromatic rings. The van der Waals surface area contributed by atoms with Crippen LogP contribution in [0.25, 0.3) is 0 Å². The quantitative estimate of drug-likeness (QED) is 0.895. The summed E-state index contributed by atoms with van der Waals surface area (Å²) in [6, 6.07) is 1.65. The van der Waals surface area contributed by atoms with Crippen molar-refractivity contribution in [1.82, 2.24) is 9.88 Å². The van der Waals surface area contributed by atoms with Crippen molar-refractivity contribution in [1.29, 1.82) is 0 Å². The van der Waals surface area contributed by atoms with Gasteiger partial charge in [0.2, 0.25) is 0 Å². The highest BCUT2D eigenvalue weighted by Gasteiger charge is 2.26. The van der Waals surface area contributed by atoms with E-state index in [4.69, 9.17) is 9.84 Å². The zero-order chi connectivity index (χ0) is 15.2. The highest BCUT2D eigenvalue weighted by Crippen LogP contribution is 2.25. The number of carbonyl (C=O) groups excluding carboxylic acids is 1. The minimum absolute atomic E-state index is 0.0747. The number of aliphatic carboxylic acids is 1. The molecule has 1 N–H and O–H groups in total. The van der Waals surface area contributed by atoms with Crippen LogP contribution in [0.5, 0.6) is 5.75 Å². The number of ether oxygens (including phenoxy) is 1. The summed E-state index contributed by atoms with van der Waals surface area (Å²) in [5.74, 6) is -0.134. The van der Waals surface area contributed by atoms with E-state index < -0.39 is 5.97 Å². The van der Waals surface area contributed by atoms with Crippen molar-refractivity contribution in [3.63, 3.8) is 0 Å². The summed E-state index contributed by atoms with van der Waals surface area (Å²) in [6.45, 7) is 1.31. The Morgan fingerprint density at radius 1 is 1.52 bits per heavy atom. The van der Waals surface area contributed by atoms with Crippen LogP contribution in [0.2, 0.25) is 0 Å². The van der Waals surface area contributed by atoms with E-state index in [1.165, 1.54) is 13.3 Å². The van der Waals surface area contributed by atoms with E-state index in [2.05, 4.69) is 4.98 Å². The van der Waals surface area contributed by atoms with Gasteiger partial charge in [0.15, 0.2) is 0 Å². The Bertz CT molecular complexity index is 518. The SMILES string of the molecule is COc1cnccc1C(=O)N1CCCC(CCC(=O)O)C1. The molecular weight excluding hydrogens is 272 g/mol. The number of nitrogens with zero attached hydrogens (tertiary/aromatic N) is 2. The second-order valence-electron chi connectivity index (χ2n) is 5.27. The van der Waals surface area contributed by atoms with Gasteiger partial charge in [-0.25, -0.2) is 0 Å². The van der Waals surface area contributed by atoms with Crippen molar-refractivity contribution in [2.45, 2.75) is 25.7 Å². The summed E-state index contributed by atoms with van der Waals surface area (Å²) in [6.07, 6.45) is 5.76. The average Bonchev–Trinajstić information content (AvgIpc) is 2.52. The third-order valence-corrected chi connectivity index (χ3v) is 3.81. The Balaban J connectivity index is 2.03. The van der Waals surface area contributed by atoms with Crippen LogP contribution in [0.4, 0.5) is 0 Å². The lowest BCUT2D eigenvalue weighted by Gasteiger charge is -2.33. The van der Waals surface area contributed by atoms with Gasteiger partial charge in [0.05, 0.1) is 18.9 Å². The average molecular weight is 292 g/mol. The van der Waals surface area contributed by atoms with E-state index in [1.54, 1.807) is 17.2 Å². The number of methoxy groups -OCH3 is 1. The van der Waals surface area contributed by atoms with E-state index in [9.17, 15) is 9.59 Å². The highest BCUT2D eigenvalue weighted by molar-refractivity contribution is 5.96. The molecule has 2 rings (SSSR count). The molecule has 6 heteroatoms. The highest BCUT2D eigenvalue weighted by atomic mass is 16.5. The molecule has 2 heterocycles. The zero-order valence-electron chi connectivity index (χ0n) is 12.1. The minimum atomic E-state index is -0.783. The lowest BCUT2D eigenvalue weighted by Crippen LogP contribution is -2.40. The summed E-state index contributed by atoms with van der Waals surface area (Å²) in [5, 5.41) is 8.76. The molecule has 0 bridgehead atoms. The van der Waals surface area contributed by atoms with Crippen LogP contribution in [-0.2, 0) is 4.79 Å². The third-order valence-electron chi connectivity index (χ3n) is 3.81. The van der Waals surface area contributed by atoms with Crippen molar-refractivity contribution in [3.8, 4) is 5.75 Å². The summed E-state index contributed by atoms with van der Waals surface area (Å²) >= 11 is 0. The molecule has 0 radical (unpaired) electrons. The summed E-state index contributed by atoms with van der Waals surface area (Å²) < 4.78 is 5.18. The predicted octanol–water partition coefficient (Wildman–Crippen LogP) is 1.81. The Morgan fingerprint density at radius 2 is 2.33 bits per heavy atom. The van der Waals surface area contributed by atoms with E-state index in [0.717, 1.165) is 12.8 Å². The van der Waals surface area contributed by atoms with Gasteiger partial charge in [-0.3, -0.25) is 14.6 Å². The van der Waals surface area contributed by atoms with Crippen molar-refractivity contribution in [2.75, 3.05) is 20.2 Å². The van der Waals surface area contributed by atoms with Gasteiger partial charge in [-0.1, -0.05) is 0 Å². The first kappa shape index (κ1) is 15.3. The first-order chi connectivity index (χ1) is 10.1. The number of pyridine rings is 1. The molecule has 0 aromatic carbocycles. The van der Waals surface area contributed by atoms with Crippen molar-refractivity contribution in [3.05, 3.63) is 24.0 Å². The molecule has 0 aliphatic carbocycles. The van der Waals surface area contributed by atoms with E-state index in [1.807, 2.05) is 0 Å². The molecule has 0 spiro atoms. The van der Waals surface area contributed by atoms with Crippen molar-refractivity contribution >= 4 is 11.9 Å². The fraction of sp³-hybridized carbons (Fsp3) is 0.533.